The van der Waals surface area contributed by atoms with Crippen molar-refractivity contribution in [2.45, 2.75) is 33.2 Å². The van der Waals surface area contributed by atoms with Crippen LogP contribution in [0.2, 0.25) is 0 Å². The molecule has 0 radical (unpaired) electrons. The quantitative estimate of drug-likeness (QED) is 0.334. The first kappa shape index (κ1) is 21.7. The van der Waals surface area contributed by atoms with Crippen LogP contribution in [-0.4, -0.2) is 38.2 Å². The molecule has 5 rings (SSSR count). The fraction of sp³-hybridized carbons (Fsp3) is 0.222. The zero-order chi connectivity index (χ0) is 24.0. The summed E-state index contributed by atoms with van der Waals surface area (Å²) in [7, 11) is 1.38. The molecule has 0 amide bonds. The van der Waals surface area contributed by atoms with E-state index in [9.17, 15) is 4.79 Å². The molecular formula is C27H27N5O2. The SMILES string of the molecule is COC(=O)c1ccn2c(NC(C)(C)C)c(-c3ccc(-c4ccc5[nH]nc(C)c5c4)cc3)nc2c1. The highest BCUT2D eigenvalue weighted by Gasteiger charge is 2.20. The number of hydrogen-bond acceptors (Lipinski definition) is 5. The zero-order valence-electron chi connectivity index (χ0n) is 19.9. The van der Waals surface area contributed by atoms with Gasteiger partial charge in [-0.25, -0.2) is 9.78 Å². The number of rotatable bonds is 4. The number of aromatic amines is 1. The minimum absolute atomic E-state index is 0.177. The van der Waals surface area contributed by atoms with Gasteiger partial charge in [-0.1, -0.05) is 30.3 Å². The Morgan fingerprint density at radius 3 is 2.41 bits per heavy atom. The van der Waals surface area contributed by atoms with E-state index in [1.807, 2.05) is 17.5 Å². The number of pyridine rings is 1. The van der Waals surface area contributed by atoms with Gasteiger partial charge in [-0.15, -0.1) is 0 Å². The van der Waals surface area contributed by atoms with Gasteiger partial charge in [-0.3, -0.25) is 9.50 Å². The molecule has 0 unspecified atom stereocenters. The van der Waals surface area contributed by atoms with Gasteiger partial charge in [0.2, 0.25) is 0 Å². The van der Waals surface area contributed by atoms with Crippen LogP contribution in [-0.2, 0) is 4.74 Å². The topological polar surface area (TPSA) is 84.3 Å². The number of hydrogen-bond donors (Lipinski definition) is 2. The van der Waals surface area contributed by atoms with Gasteiger partial charge in [0, 0.05) is 22.7 Å². The van der Waals surface area contributed by atoms with Crippen molar-refractivity contribution >= 4 is 28.3 Å². The summed E-state index contributed by atoms with van der Waals surface area (Å²) in [4.78, 5) is 16.9. The molecule has 0 fully saturated rings. The van der Waals surface area contributed by atoms with Crippen molar-refractivity contribution < 1.29 is 9.53 Å². The molecule has 0 aliphatic carbocycles. The molecule has 7 heteroatoms. The molecule has 0 aliphatic rings. The van der Waals surface area contributed by atoms with Gasteiger partial charge >= 0.3 is 5.97 Å². The standard InChI is InChI=1S/C27H27N5O2/c1-16-21-14-19(10-11-22(21)31-30-16)17-6-8-18(9-7-17)24-25(29-27(2,3)4)32-13-12-20(26(33)34-5)15-23(32)28-24/h6-15,29H,1-5H3,(H,30,31). The van der Waals surface area contributed by atoms with Crippen molar-refractivity contribution in [2.24, 2.45) is 0 Å². The van der Waals surface area contributed by atoms with E-state index in [0.717, 1.165) is 44.8 Å². The van der Waals surface area contributed by atoms with Gasteiger partial charge in [-0.05, 0) is 63.1 Å². The molecule has 0 saturated heterocycles. The molecule has 0 saturated carbocycles. The number of carbonyl (C=O) groups excluding carboxylic acids is 1. The number of aryl methyl sites for hydroxylation is 1. The molecule has 34 heavy (non-hydrogen) atoms. The number of benzene rings is 2. The molecule has 0 spiro atoms. The summed E-state index contributed by atoms with van der Waals surface area (Å²) in [6.07, 6.45) is 1.85. The second kappa shape index (κ2) is 8.02. The second-order valence-corrected chi connectivity index (χ2v) is 9.47. The molecule has 2 N–H and O–H groups in total. The Kier molecular flexibility index (Phi) is 5.12. The van der Waals surface area contributed by atoms with Gasteiger partial charge in [0.05, 0.1) is 23.9 Å². The van der Waals surface area contributed by atoms with Gasteiger partial charge in [0.25, 0.3) is 0 Å². The van der Waals surface area contributed by atoms with Crippen molar-refractivity contribution in [1.82, 2.24) is 19.6 Å². The van der Waals surface area contributed by atoms with Crippen molar-refractivity contribution in [3.8, 4) is 22.4 Å². The molecule has 0 bridgehead atoms. The summed E-state index contributed by atoms with van der Waals surface area (Å²) in [5, 5.41) is 12.1. The Morgan fingerprint density at radius 2 is 1.71 bits per heavy atom. The number of esters is 1. The van der Waals surface area contributed by atoms with E-state index < -0.39 is 0 Å². The normalized spacial score (nSPS) is 11.8. The predicted molar refractivity (Wildman–Crippen MR) is 135 cm³/mol. The minimum atomic E-state index is -0.383. The maximum Gasteiger partial charge on any atom is 0.338 e. The molecule has 3 aromatic heterocycles. The van der Waals surface area contributed by atoms with Crippen molar-refractivity contribution in [2.75, 3.05) is 12.4 Å². The number of ether oxygens (including phenoxy) is 1. The summed E-state index contributed by atoms with van der Waals surface area (Å²) in [6, 6.07) is 18.2. The Labute approximate surface area is 197 Å². The maximum atomic E-state index is 12.0. The molecule has 5 aromatic rings. The number of anilines is 1. The first-order chi connectivity index (χ1) is 16.2. The van der Waals surface area contributed by atoms with Crippen LogP contribution in [0.3, 0.4) is 0 Å². The number of fused-ring (bicyclic) bond motifs is 2. The van der Waals surface area contributed by atoms with Gasteiger partial charge in [0.15, 0.2) is 0 Å². The Bertz CT molecular complexity index is 1520. The highest BCUT2D eigenvalue weighted by molar-refractivity contribution is 5.91. The van der Waals surface area contributed by atoms with Crippen LogP contribution in [0, 0.1) is 6.92 Å². The number of carbonyl (C=O) groups is 1. The third-order valence-electron chi connectivity index (χ3n) is 5.79. The van der Waals surface area contributed by atoms with Gasteiger partial charge in [-0.2, -0.15) is 5.10 Å². The van der Waals surface area contributed by atoms with E-state index in [0.29, 0.717) is 11.2 Å². The predicted octanol–water partition coefficient (Wildman–Crippen LogP) is 5.85. The molecule has 3 heterocycles. The summed E-state index contributed by atoms with van der Waals surface area (Å²) >= 11 is 0. The van der Waals surface area contributed by atoms with Gasteiger partial charge in [0.1, 0.15) is 17.2 Å². The second-order valence-electron chi connectivity index (χ2n) is 9.47. The zero-order valence-corrected chi connectivity index (χ0v) is 19.9. The fourth-order valence-electron chi connectivity index (χ4n) is 4.11. The number of methoxy groups -OCH3 is 1. The smallest absolute Gasteiger partial charge is 0.338 e. The van der Waals surface area contributed by atoms with Crippen LogP contribution >= 0.6 is 0 Å². The largest absolute Gasteiger partial charge is 0.465 e. The van der Waals surface area contributed by atoms with E-state index >= 15 is 0 Å². The van der Waals surface area contributed by atoms with Crippen molar-refractivity contribution in [3.05, 3.63) is 72.1 Å². The lowest BCUT2D eigenvalue weighted by atomic mass is 10.0. The number of aromatic nitrogens is 4. The Morgan fingerprint density at radius 1 is 1.00 bits per heavy atom. The lowest BCUT2D eigenvalue weighted by molar-refractivity contribution is 0.0600. The third kappa shape index (κ3) is 3.90. The average molecular weight is 454 g/mol. The minimum Gasteiger partial charge on any atom is -0.465 e. The lowest BCUT2D eigenvalue weighted by Gasteiger charge is -2.22. The first-order valence-electron chi connectivity index (χ1n) is 11.2. The molecule has 7 nitrogen and oxygen atoms in total. The summed E-state index contributed by atoms with van der Waals surface area (Å²) < 4.78 is 6.84. The highest BCUT2D eigenvalue weighted by atomic mass is 16.5. The molecule has 0 aliphatic heterocycles. The number of nitrogens with one attached hydrogen (secondary N) is 2. The number of H-pyrrole nitrogens is 1. The van der Waals surface area contributed by atoms with Crippen LogP contribution in [0.1, 0.15) is 36.8 Å². The maximum absolute atomic E-state index is 12.0. The Balaban J connectivity index is 1.58. The lowest BCUT2D eigenvalue weighted by Crippen LogP contribution is -2.27. The summed E-state index contributed by atoms with van der Waals surface area (Å²) in [5.41, 5.74) is 7.05. The van der Waals surface area contributed by atoms with Crippen LogP contribution in [0.5, 0.6) is 0 Å². The van der Waals surface area contributed by atoms with E-state index in [2.05, 4.69) is 78.7 Å². The van der Waals surface area contributed by atoms with Crippen LogP contribution in [0.25, 0.3) is 38.9 Å². The first-order valence-corrected chi connectivity index (χ1v) is 11.2. The van der Waals surface area contributed by atoms with Crippen LogP contribution < -0.4 is 5.32 Å². The average Bonchev–Trinajstić information content (AvgIpc) is 3.37. The molecule has 2 aromatic carbocycles. The highest BCUT2D eigenvalue weighted by Crippen LogP contribution is 2.33. The third-order valence-corrected chi connectivity index (χ3v) is 5.79. The number of nitrogens with zero attached hydrogens (tertiary/aromatic N) is 3. The number of imidazole rings is 1. The summed E-state index contributed by atoms with van der Waals surface area (Å²) in [6.45, 7) is 8.33. The summed E-state index contributed by atoms with van der Waals surface area (Å²) in [5.74, 6) is 0.494. The molecule has 172 valence electrons. The van der Waals surface area contributed by atoms with Crippen LogP contribution in [0.15, 0.2) is 60.8 Å². The fourth-order valence-corrected chi connectivity index (χ4v) is 4.11. The molecular weight excluding hydrogens is 426 g/mol. The van der Waals surface area contributed by atoms with Crippen molar-refractivity contribution in [1.29, 1.82) is 0 Å². The van der Waals surface area contributed by atoms with E-state index in [1.165, 1.54) is 7.11 Å². The monoisotopic (exact) mass is 453 g/mol. The van der Waals surface area contributed by atoms with E-state index in [1.54, 1.807) is 12.1 Å². The van der Waals surface area contributed by atoms with Gasteiger partial charge < -0.3 is 10.1 Å². The van der Waals surface area contributed by atoms with E-state index in [4.69, 9.17) is 9.72 Å². The molecule has 0 atom stereocenters. The van der Waals surface area contributed by atoms with E-state index in [-0.39, 0.29) is 11.5 Å². The Hall–Kier alpha value is -4.13. The van der Waals surface area contributed by atoms with Crippen LogP contribution in [0.4, 0.5) is 5.82 Å². The van der Waals surface area contributed by atoms with Crippen molar-refractivity contribution in [3.63, 3.8) is 0 Å².